The van der Waals surface area contributed by atoms with E-state index in [9.17, 15) is 9.90 Å². The standard InChI is InChI=1S/C21H18O4/c1-24-15-8-10-19(22)18(13-15)20(23)11-9-17-16-6-4-3-5-14(16)7-12-21(17)25-2/h3-13,22H,1-2H3/b11-9+. The van der Waals surface area contributed by atoms with Crippen LogP contribution in [0, 0.1) is 0 Å². The van der Waals surface area contributed by atoms with Crippen LogP contribution >= 0.6 is 0 Å². The zero-order valence-electron chi connectivity index (χ0n) is 14.0. The number of methoxy groups -OCH3 is 2. The quantitative estimate of drug-likeness (QED) is 0.553. The SMILES string of the molecule is COc1ccc(O)c(C(=O)/C=C/c2c(OC)ccc3ccccc23)c1. The zero-order valence-corrected chi connectivity index (χ0v) is 14.0. The number of ketones is 1. The second kappa shape index (κ2) is 7.09. The molecule has 1 N–H and O–H groups in total. The van der Waals surface area contributed by atoms with Crippen LogP contribution in [0.25, 0.3) is 16.8 Å². The minimum atomic E-state index is -0.314. The molecular weight excluding hydrogens is 316 g/mol. The molecule has 0 aliphatic heterocycles. The summed E-state index contributed by atoms with van der Waals surface area (Å²) >= 11 is 0. The maximum atomic E-state index is 12.5. The minimum absolute atomic E-state index is 0.0830. The van der Waals surface area contributed by atoms with Crippen LogP contribution in [-0.4, -0.2) is 25.1 Å². The van der Waals surface area contributed by atoms with E-state index in [1.165, 1.54) is 25.3 Å². The molecule has 0 heterocycles. The first kappa shape index (κ1) is 16.6. The van der Waals surface area contributed by atoms with Crippen molar-refractivity contribution < 1.29 is 19.4 Å². The van der Waals surface area contributed by atoms with Gasteiger partial charge in [0.05, 0.1) is 19.8 Å². The lowest BCUT2D eigenvalue weighted by Crippen LogP contribution is -1.96. The molecule has 0 aliphatic rings. The van der Waals surface area contributed by atoms with E-state index in [2.05, 4.69) is 0 Å². The van der Waals surface area contributed by atoms with Gasteiger partial charge in [0.15, 0.2) is 5.78 Å². The Labute approximate surface area is 145 Å². The van der Waals surface area contributed by atoms with Crippen molar-refractivity contribution in [2.75, 3.05) is 14.2 Å². The predicted octanol–water partition coefficient (Wildman–Crippen LogP) is 4.46. The van der Waals surface area contributed by atoms with Crippen LogP contribution in [0.15, 0.2) is 60.7 Å². The molecule has 0 bridgehead atoms. The van der Waals surface area contributed by atoms with Gasteiger partial charge in [0.25, 0.3) is 0 Å². The summed E-state index contributed by atoms with van der Waals surface area (Å²) in [6, 6.07) is 16.3. The van der Waals surface area contributed by atoms with Gasteiger partial charge >= 0.3 is 0 Å². The lowest BCUT2D eigenvalue weighted by Gasteiger charge is -2.09. The Morgan fingerprint density at radius 3 is 2.56 bits per heavy atom. The third-order valence-electron chi connectivity index (χ3n) is 4.02. The fourth-order valence-corrected chi connectivity index (χ4v) is 2.71. The first-order chi connectivity index (χ1) is 12.1. The smallest absolute Gasteiger partial charge is 0.189 e. The van der Waals surface area contributed by atoms with E-state index >= 15 is 0 Å². The van der Waals surface area contributed by atoms with Crippen molar-refractivity contribution >= 4 is 22.6 Å². The Bertz CT molecular complexity index is 957. The number of phenolic OH excluding ortho intramolecular Hbond substituents is 1. The van der Waals surface area contributed by atoms with Crippen LogP contribution in [0.4, 0.5) is 0 Å². The van der Waals surface area contributed by atoms with E-state index in [-0.39, 0.29) is 17.1 Å². The average Bonchev–Trinajstić information content (AvgIpc) is 2.66. The second-order valence-corrected chi connectivity index (χ2v) is 5.48. The van der Waals surface area contributed by atoms with E-state index in [4.69, 9.17) is 9.47 Å². The molecule has 0 aliphatic carbocycles. The van der Waals surface area contributed by atoms with Gasteiger partial charge in [-0.25, -0.2) is 0 Å². The lowest BCUT2D eigenvalue weighted by molar-refractivity contribution is 0.104. The van der Waals surface area contributed by atoms with Crippen LogP contribution in [0.5, 0.6) is 17.2 Å². The highest BCUT2D eigenvalue weighted by Gasteiger charge is 2.11. The summed E-state index contributed by atoms with van der Waals surface area (Å²) in [5, 5.41) is 12.0. The topological polar surface area (TPSA) is 55.8 Å². The molecular formula is C21H18O4. The van der Waals surface area contributed by atoms with E-state index in [1.807, 2.05) is 36.4 Å². The molecule has 0 saturated heterocycles. The molecule has 0 aromatic heterocycles. The number of aromatic hydroxyl groups is 1. The number of hydrogen-bond acceptors (Lipinski definition) is 4. The molecule has 0 atom stereocenters. The van der Waals surface area contributed by atoms with Gasteiger partial charge in [0, 0.05) is 5.56 Å². The summed E-state index contributed by atoms with van der Waals surface area (Å²) in [5.74, 6) is 0.793. The van der Waals surface area contributed by atoms with Crippen LogP contribution in [0.2, 0.25) is 0 Å². The van der Waals surface area contributed by atoms with Gasteiger partial charge < -0.3 is 14.6 Å². The molecule has 3 aromatic carbocycles. The van der Waals surface area contributed by atoms with E-state index in [0.29, 0.717) is 11.5 Å². The van der Waals surface area contributed by atoms with Crippen molar-refractivity contribution in [3.63, 3.8) is 0 Å². The summed E-state index contributed by atoms with van der Waals surface area (Å²) in [6.07, 6.45) is 3.14. The number of carbonyl (C=O) groups is 1. The number of carbonyl (C=O) groups excluding carboxylic acids is 1. The molecule has 0 saturated carbocycles. The van der Waals surface area contributed by atoms with Crippen molar-refractivity contribution in [1.29, 1.82) is 0 Å². The Morgan fingerprint density at radius 1 is 1.00 bits per heavy atom. The molecule has 126 valence electrons. The largest absolute Gasteiger partial charge is 0.507 e. The number of allylic oxidation sites excluding steroid dienone is 1. The highest BCUT2D eigenvalue weighted by atomic mass is 16.5. The minimum Gasteiger partial charge on any atom is -0.507 e. The first-order valence-electron chi connectivity index (χ1n) is 7.79. The van der Waals surface area contributed by atoms with Gasteiger partial charge in [-0.1, -0.05) is 30.3 Å². The number of phenols is 1. The maximum Gasteiger partial charge on any atom is 0.189 e. The Balaban J connectivity index is 2.02. The monoisotopic (exact) mass is 334 g/mol. The van der Waals surface area contributed by atoms with Crippen LogP contribution in [0.1, 0.15) is 15.9 Å². The Hall–Kier alpha value is -3.27. The van der Waals surface area contributed by atoms with Crippen molar-refractivity contribution in [2.45, 2.75) is 0 Å². The molecule has 0 unspecified atom stereocenters. The van der Waals surface area contributed by atoms with Gasteiger partial charge in [0.2, 0.25) is 0 Å². The fraction of sp³-hybridized carbons (Fsp3) is 0.0952. The van der Waals surface area contributed by atoms with Gasteiger partial charge in [-0.15, -0.1) is 0 Å². The molecule has 0 fully saturated rings. The third-order valence-corrected chi connectivity index (χ3v) is 4.02. The molecule has 4 heteroatoms. The van der Waals surface area contributed by atoms with E-state index < -0.39 is 0 Å². The normalized spacial score (nSPS) is 11.0. The predicted molar refractivity (Wildman–Crippen MR) is 98.5 cm³/mol. The fourth-order valence-electron chi connectivity index (χ4n) is 2.71. The van der Waals surface area contributed by atoms with Crippen LogP contribution in [0.3, 0.4) is 0 Å². The molecule has 25 heavy (non-hydrogen) atoms. The van der Waals surface area contributed by atoms with Crippen LogP contribution < -0.4 is 9.47 Å². The molecule has 0 radical (unpaired) electrons. The molecule has 0 spiro atoms. The number of rotatable bonds is 5. The summed E-state index contributed by atoms with van der Waals surface area (Å²) in [5.41, 5.74) is 1.01. The lowest BCUT2D eigenvalue weighted by atomic mass is 10.0. The molecule has 3 rings (SSSR count). The van der Waals surface area contributed by atoms with Crippen molar-refractivity contribution in [3.8, 4) is 17.2 Å². The molecule has 3 aromatic rings. The highest BCUT2D eigenvalue weighted by molar-refractivity contribution is 6.10. The van der Waals surface area contributed by atoms with Gasteiger partial charge in [-0.3, -0.25) is 4.79 Å². The van der Waals surface area contributed by atoms with Gasteiger partial charge in [-0.05, 0) is 47.2 Å². The van der Waals surface area contributed by atoms with E-state index in [1.54, 1.807) is 19.3 Å². The van der Waals surface area contributed by atoms with Crippen molar-refractivity contribution in [1.82, 2.24) is 0 Å². The van der Waals surface area contributed by atoms with Crippen LogP contribution in [-0.2, 0) is 0 Å². The summed E-state index contributed by atoms with van der Waals surface area (Å²) in [6.45, 7) is 0. The number of benzene rings is 3. The highest BCUT2D eigenvalue weighted by Crippen LogP contribution is 2.30. The average molecular weight is 334 g/mol. The van der Waals surface area contributed by atoms with Gasteiger partial charge in [0.1, 0.15) is 17.2 Å². The molecule has 4 nitrogen and oxygen atoms in total. The first-order valence-corrected chi connectivity index (χ1v) is 7.79. The number of hydrogen-bond donors (Lipinski definition) is 1. The number of fused-ring (bicyclic) bond motifs is 1. The van der Waals surface area contributed by atoms with Gasteiger partial charge in [-0.2, -0.15) is 0 Å². The third kappa shape index (κ3) is 3.33. The Kier molecular flexibility index (Phi) is 4.70. The molecule has 0 amide bonds. The van der Waals surface area contributed by atoms with Crippen molar-refractivity contribution in [2.24, 2.45) is 0 Å². The Morgan fingerprint density at radius 2 is 1.80 bits per heavy atom. The summed E-state index contributed by atoms with van der Waals surface area (Å²) in [4.78, 5) is 12.5. The summed E-state index contributed by atoms with van der Waals surface area (Å²) < 4.78 is 10.5. The second-order valence-electron chi connectivity index (χ2n) is 5.48. The maximum absolute atomic E-state index is 12.5. The van der Waals surface area contributed by atoms with Crippen molar-refractivity contribution in [3.05, 3.63) is 71.8 Å². The zero-order chi connectivity index (χ0) is 17.8. The summed E-state index contributed by atoms with van der Waals surface area (Å²) in [7, 11) is 3.11. The van der Waals surface area contributed by atoms with E-state index in [0.717, 1.165) is 16.3 Å². The number of ether oxygens (including phenoxy) is 2.